The van der Waals surface area contributed by atoms with Gasteiger partial charge in [0.15, 0.2) is 11.5 Å². The number of amides is 1. The molecule has 1 amide bonds. The lowest BCUT2D eigenvalue weighted by Gasteiger charge is -2.26. The molecule has 2 N–H and O–H groups in total. The number of hydrogen-bond acceptors (Lipinski definition) is 6. The Morgan fingerprint density at radius 1 is 0.946 bits per heavy atom. The lowest BCUT2D eigenvalue weighted by atomic mass is 9.95. The molecule has 4 rings (SSSR count). The van der Waals surface area contributed by atoms with Gasteiger partial charge in [0, 0.05) is 12.1 Å². The van der Waals surface area contributed by atoms with Crippen molar-refractivity contribution in [3.8, 4) is 17.2 Å². The second kappa shape index (κ2) is 9.88. The number of methoxy groups -OCH3 is 2. The van der Waals surface area contributed by atoms with E-state index in [1.807, 2.05) is 0 Å². The van der Waals surface area contributed by atoms with Crippen LogP contribution in [0.2, 0.25) is 0 Å². The maximum Gasteiger partial charge on any atom is 0.416 e. The number of aliphatic hydroxyl groups is 1. The van der Waals surface area contributed by atoms with Crippen LogP contribution in [0.1, 0.15) is 28.3 Å². The van der Waals surface area contributed by atoms with Crippen LogP contribution in [0, 0.1) is 0 Å². The first-order valence-corrected chi connectivity index (χ1v) is 11.0. The minimum atomic E-state index is -4.59. The maximum absolute atomic E-state index is 13.3. The summed E-state index contributed by atoms with van der Waals surface area (Å²) in [6.07, 6.45) is -4.59. The van der Waals surface area contributed by atoms with Gasteiger partial charge in [0.25, 0.3) is 11.7 Å². The molecule has 0 radical (unpaired) electrons. The van der Waals surface area contributed by atoms with Crippen LogP contribution in [-0.2, 0) is 22.3 Å². The molecular formula is C27H22F3NO6. The van der Waals surface area contributed by atoms with Crippen molar-refractivity contribution < 1.29 is 42.4 Å². The molecule has 1 saturated heterocycles. The number of Topliss-reactive ketones (excluding diaryl/α,β-unsaturated/α-hetero) is 1. The Bertz CT molecular complexity index is 1380. The van der Waals surface area contributed by atoms with Gasteiger partial charge >= 0.3 is 6.18 Å². The summed E-state index contributed by atoms with van der Waals surface area (Å²) in [4.78, 5) is 27.4. The van der Waals surface area contributed by atoms with Gasteiger partial charge < -0.3 is 24.6 Å². The quantitative estimate of drug-likeness (QED) is 0.272. The van der Waals surface area contributed by atoms with Crippen molar-refractivity contribution in [3.05, 3.63) is 94.6 Å². The molecule has 1 aliphatic heterocycles. The number of hydrogen-bond donors (Lipinski definition) is 2. The smallest absolute Gasteiger partial charge is 0.416 e. The van der Waals surface area contributed by atoms with Gasteiger partial charge in [-0.05, 0) is 53.6 Å². The molecule has 0 saturated carbocycles. The van der Waals surface area contributed by atoms with Crippen molar-refractivity contribution >= 4 is 17.4 Å². The van der Waals surface area contributed by atoms with Crippen molar-refractivity contribution in [1.82, 2.24) is 4.90 Å². The highest BCUT2D eigenvalue weighted by molar-refractivity contribution is 6.46. The van der Waals surface area contributed by atoms with Crippen LogP contribution in [0.25, 0.3) is 5.76 Å². The number of aliphatic hydroxyl groups excluding tert-OH is 1. The summed E-state index contributed by atoms with van der Waals surface area (Å²) in [5.41, 5.74) is -0.473. The molecule has 1 aliphatic rings. The number of rotatable bonds is 6. The maximum atomic E-state index is 13.3. The van der Waals surface area contributed by atoms with Gasteiger partial charge in [0.1, 0.15) is 11.5 Å². The first-order valence-electron chi connectivity index (χ1n) is 11.0. The van der Waals surface area contributed by atoms with Gasteiger partial charge in [-0.2, -0.15) is 13.2 Å². The Hall–Kier alpha value is -4.47. The highest BCUT2D eigenvalue weighted by Gasteiger charge is 2.46. The third-order valence-electron chi connectivity index (χ3n) is 6.01. The van der Waals surface area contributed by atoms with E-state index in [1.165, 1.54) is 68.8 Å². The summed E-state index contributed by atoms with van der Waals surface area (Å²) in [7, 11) is 2.83. The van der Waals surface area contributed by atoms with Crippen molar-refractivity contribution in [2.45, 2.75) is 18.8 Å². The Kier molecular flexibility index (Phi) is 6.84. The van der Waals surface area contributed by atoms with Gasteiger partial charge in [0.05, 0.1) is 31.4 Å². The molecule has 0 aliphatic carbocycles. The van der Waals surface area contributed by atoms with E-state index in [1.54, 1.807) is 0 Å². The van der Waals surface area contributed by atoms with Crippen LogP contribution in [0.3, 0.4) is 0 Å². The molecule has 1 unspecified atom stereocenters. The van der Waals surface area contributed by atoms with Crippen LogP contribution in [0.5, 0.6) is 17.2 Å². The number of halogens is 3. The van der Waals surface area contributed by atoms with Gasteiger partial charge in [-0.3, -0.25) is 9.59 Å². The molecule has 1 fully saturated rings. The SMILES string of the molecule is COc1ccc(/C(O)=C2\C(=O)C(=O)N(Cc3cccc(C(F)(F)F)c3)C2c2ccc(O)cc2)cc1OC. The fourth-order valence-electron chi connectivity index (χ4n) is 4.23. The Morgan fingerprint density at radius 3 is 2.24 bits per heavy atom. The second-order valence-electron chi connectivity index (χ2n) is 8.29. The van der Waals surface area contributed by atoms with Gasteiger partial charge in [-0.1, -0.05) is 24.3 Å². The number of likely N-dealkylation sites (tertiary alicyclic amines) is 1. The number of alkyl halides is 3. The van der Waals surface area contributed by atoms with Crippen LogP contribution < -0.4 is 9.47 Å². The molecule has 0 bridgehead atoms. The average molecular weight is 513 g/mol. The number of phenols is 1. The highest BCUT2D eigenvalue weighted by Crippen LogP contribution is 2.42. The fourth-order valence-corrected chi connectivity index (χ4v) is 4.23. The Labute approximate surface area is 210 Å². The summed E-state index contributed by atoms with van der Waals surface area (Å²) in [6.45, 7) is -0.331. The topological polar surface area (TPSA) is 96.3 Å². The van der Waals surface area contributed by atoms with E-state index in [9.17, 15) is 33.0 Å². The summed E-state index contributed by atoms with van der Waals surface area (Å²) in [5.74, 6) is -1.91. The number of aromatic hydroxyl groups is 1. The van der Waals surface area contributed by atoms with Crippen LogP contribution in [-0.4, -0.2) is 41.0 Å². The molecule has 7 nitrogen and oxygen atoms in total. The van der Waals surface area contributed by atoms with Gasteiger partial charge in [-0.25, -0.2) is 0 Å². The molecule has 1 atom stereocenters. The standard InChI is InChI=1S/C27H22F3NO6/c1-36-20-11-8-17(13-21(20)37-2)24(33)22-23(16-6-9-19(32)10-7-16)31(26(35)25(22)34)14-15-4-3-5-18(12-15)27(28,29)30/h3-13,23,32-33H,14H2,1-2H3/b24-22+. The number of ketones is 1. The van der Waals surface area contributed by atoms with Crippen LogP contribution >= 0.6 is 0 Å². The minimum absolute atomic E-state index is 0.0709. The zero-order chi connectivity index (χ0) is 26.9. The molecule has 192 valence electrons. The summed E-state index contributed by atoms with van der Waals surface area (Å²) in [5, 5.41) is 20.9. The third-order valence-corrected chi connectivity index (χ3v) is 6.01. The zero-order valence-electron chi connectivity index (χ0n) is 19.7. The summed E-state index contributed by atoms with van der Waals surface area (Å²) < 4.78 is 50.2. The zero-order valence-corrected chi connectivity index (χ0v) is 19.7. The van der Waals surface area contributed by atoms with E-state index in [4.69, 9.17) is 9.47 Å². The molecule has 0 spiro atoms. The second-order valence-corrected chi connectivity index (χ2v) is 8.29. The lowest BCUT2D eigenvalue weighted by Crippen LogP contribution is -2.29. The van der Waals surface area contributed by atoms with E-state index in [-0.39, 0.29) is 34.7 Å². The molecule has 37 heavy (non-hydrogen) atoms. The van der Waals surface area contributed by atoms with E-state index in [0.29, 0.717) is 11.3 Å². The number of carbonyl (C=O) groups excluding carboxylic acids is 2. The Morgan fingerprint density at radius 2 is 1.62 bits per heavy atom. The number of carbonyl (C=O) groups is 2. The Balaban J connectivity index is 1.85. The molecule has 3 aromatic rings. The fraction of sp³-hybridized carbons (Fsp3) is 0.185. The number of phenolic OH excluding ortho intramolecular Hbond substituents is 1. The normalized spacial score (nSPS) is 17.2. The van der Waals surface area contributed by atoms with Crippen LogP contribution in [0.4, 0.5) is 13.2 Å². The number of benzene rings is 3. The van der Waals surface area contributed by atoms with Crippen molar-refractivity contribution in [2.75, 3.05) is 14.2 Å². The third kappa shape index (κ3) is 4.95. The van der Waals surface area contributed by atoms with E-state index in [2.05, 4.69) is 0 Å². The highest BCUT2D eigenvalue weighted by atomic mass is 19.4. The van der Waals surface area contributed by atoms with Crippen LogP contribution in [0.15, 0.2) is 72.3 Å². The van der Waals surface area contributed by atoms with Gasteiger partial charge in [0.2, 0.25) is 0 Å². The molecule has 10 heteroatoms. The predicted octanol–water partition coefficient (Wildman–Crippen LogP) is 5.05. The van der Waals surface area contributed by atoms with Crippen molar-refractivity contribution in [1.29, 1.82) is 0 Å². The van der Waals surface area contributed by atoms with E-state index in [0.717, 1.165) is 17.0 Å². The first kappa shape index (κ1) is 25.6. The summed E-state index contributed by atoms with van der Waals surface area (Å²) >= 11 is 0. The molecule has 0 aromatic heterocycles. The molecule has 1 heterocycles. The van der Waals surface area contributed by atoms with Crippen molar-refractivity contribution in [2.24, 2.45) is 0 Å². The van der Waals surface area contributed by atoms with Crippen molar-refractivity contribution in [3.63, 3.8) is 0 Å². The van der Waals surface area contributed by atoms with Gasteiger partial charge in [-0.15, -0.1) is 0 Å². The van der Waals surface area contributed by atoms with E-state index < -0.39 is 35.2 Å². The predicted molar refractivity (Wildman–Crippen MR) is 127 cm³/mol. The molecule has 3 aromatic carbocycles. The minimum Gasteiger partial charge on any atom is -0.508 e. The number of ether oxygens (including phenoxy) is 2. The summed E-state index contributed by atoms with van der Waals surface area (Å²) in [6, 6.07) is 13.3. The average Bonchev–Trinajstić information content (AvgIpc) is 3.13. The first-order chi connectivity index (χ1) is 17.5. The largest absolute Gasteiger partial charge is 0.508 e. The van der Waals surface area contributed by atoms with E-state index >= 15 is 0 Å². The molecular weight excluding hydrogens is 491 g/mol. The number of nitrogens with zero attached hydrogens (tertiary/aromatic N) is 1. The monoisotopic (exact) mass is 513 g/mol. The lowest BCUT2D eigenvalue weighted by molar-refractivity contribution is -0.140.